The van der Waals surface area contributed by atoms with Crippen LogP contribution in [0.25, 0.3) is 0 Å². The molecule has 9 heteroatoms. The van der Waals surface area contributed by atoms with Crippen LogP contribution in [0.2, 0.25) is 0 Å². The molecule has 2 amide bonds. The van der Waals surface area contributed by atoms with E-state index in [9.17, 15) is 9.59 Å². The summed E-state index contributed by atoms with van der Waals surface area (Å²) in [5, 5.41) is 8.43. The molecular formula is C22H34N6O3. The van der Waals surface area contributed by atoms with Crippen LogP contribution in [-0.2, 0) is 24.7 Å². The Morgan fingerprint density at radius 2 is 2.03 bits per heavy atom. The van der Waals surface area contributed by atoms with Gasteiger partial charge in [-0.15, -0.1) is 0 Å². The molecule has 0 aromatic carbocycles. The Hall–Kier alpha value is -2.71. The van der Waals surface area contributed by atoms with Gasteiger partial charge < -0.3 is 14.3 Å². The van der Waals surface area contributed by atoms with Gasteiger partial charge in [0.2, 0.25) is 11.8 Å². The van der Waals surface area contributed by atoms with E-state index in [4.69, 9.17) is 4.52 Å². The molecule has 1 fully saturated rings. The number of carbonyl (C=O) groups excluding carboxylic acids is 2. The lowest BCUT2D eigenvalue weighted by Crippen LogP contribution is -2.51. The first-order valence-corrected chi connectivity index (χ1v) is 11.1. The summed E-state index contributed by atoms with van der Waals surface area (Å²) in [7, 11) is 1.85. The topological polar surface area (TPSA) is 97.4 Å². The highest BCUT2D eigenvalue weighted by Crippen LogP contribution is 2.21. The van der Waals surface area contributed by atoms with Gasteiger partial charge in [0.05, 0.1) is 11.3 Å². The maximum absolute atomic E-state index is 13.2. The highest BCUT2D eigenvalue weighted by molar-refractivity contribution is 5.96. The van der Waals surface area contributed by atoms with E-state index < -0.39 is 0 Å². The quantitative estimate of drug-likeness (QED) is 0.669. The molecule has 31 heavy (non-hydrogen) atoms. The van der Waals surface area contributed by atoms with Gasteiger partial charge in [0.15, 0.2) is 5.82 Å². The summed E-state index contributed by atoms with van der Waals surface area (Å²) < 4.78 is 7.05. The third-order valence-electron chi connectivity index (χ3n) is 5.92. The van der Waals surface area contributed by atoms with Crippen LogP contribution in [-0.4, -0.2) is 67.2 Å². The van der Waals surface area contributed by atoms with Gasteiger partial charge in [0, 0.05) is 58.2 Å². The van der Waals surface area contributed by atoms with E-state index in [-0.39, 0.29) is 17.9 Å². The van der Waals surface area contributed by atoms with Gasteiger partial charge in [0.25, 0.3) is 5.91 Å². The second-order valence-corrected chi connectivity index (χ2v) is 8.88. The Morgan fingerprint density at radius 3 is 2.65 bits per heavy atom. The van der Waals surface area contributed by atoms with Crippen LogP contribution in [0.4, 0.5) is 0 Å². The molecule has 9 nitrogen and oxygen atoms in total. The number of hydrogen-bond acceptors (Lipinski definition) is 6. The lowest BCUT2D eigenvalue weighted by atomic mass is 10.0. The minimum atomic E-state index is -0.0190. The van der Waals surface area contributed by atoms with Crippen LogP contribution in [0.1, 0.15) is 67.1 Å². The Bertz CT molecular complexity index is 932. The van der Waals surface area contributed by atoms with E-state index in [0.29, 0.717) is 49.3 Å². The molecular weight excluding hydrogens is 396 g/mol. The van der Waals surface area contributed by atoms with Crippen LogP contribution in [0, 0.1) is 19.8 Å². The molecule has 3 heterocycles. The Balaban J connectivity index is 1.66. The SMILES string of the molecule is CC(=O)N(CCc1noc(CC(C)C)n1)C1CCCN(C(=O)c2c(C)nn(C)c2C)C1. The average molecular weight is 431 g/mol. The molecule has 0 N–H and O–H groups in total. The number of hydrogen-bond donors (Lipinski definition) is 0. The lowest BCUT2D eigenvalue weighted by Gasteiger charge is -2.39. The van der Waals surface area contributed by atoms with E-state index in [1.54, 1.807) is 11.6 Å². The van der Waals surface area contributed by atoms with Crippen molar-refractivity contribution < 1.29 is 14.1 Å². The molecule has 1 aliphatic rings. The van der Waals surface area contributed by atoms with Crippen molar-refractivity contribution in [3.8, 4) is 0 Å². The van der Waals surface area contributed by atoms with Gasteiger partial charge in [-0.05, 0) is 32.6 Å². The number of carbonyl (C=O) groups is 2. The summed E-state index contributed by atoms with van der Waals surface area (Å²) in [6.45, 7) is 11.3. The molecule has 1 aliphatic heterocycles. The second kappa shape index (κ2) is 9.62. The van der Waals surface area contributed by atoms with Gasteiger partial charge in [-0.3, -0.25) is 14.3 Å². The van der Waals surface area contributed by atoms with E-state index in [2.05, 4.69) is 29.1 Å². The van der Waals surface area contributed by atoms with Crippen molar-refractivity contribution >= 4 is 11.8 Å². The van der Waals surface area contributed by atoms with E-state index >= 15 is 0 Å². The largest absolute Gasteiger partial charge is 0.339 e. The smallest absolute Gasteiger partial charge is 0.257 e. The normalized spacial score (nSPS) is 16.7. The van der Waals surface area contributed by atoms with Crippen molar-refractivity contribution in [1.82, 2.24) is 29.7 Å². The first-order valence-electron chi connectivity index (χ1n) is 11.1. The zero-order valence-corrected chi connectivity index (χ0v) is 19.5. The van der Waals surface area contributed by atoms with Gasteiger partial charge in [-0.25, -0.2) is 0 Å². The minimum Gasteiger partial charge on any atom is -0.339 e. The molecule has 1 atom stereocenters. The predicted octanol–water partition coefficient (Wildman–Crippen LogP) is 2.31. The van der Waals surface area contributed by atoms with Crippen molar-refractivity contribution in [3.63, 3.8) is 0 Å². The van der Waals surface area contributed by atoms with Gasteiger partial charge in [-0.2, -0.15) is 10.1 Å². The number of likely N-dealkylation sites (tertiary alicyclic amines) is 1. The van der Waals surface area contributed by atoms with Crippen LogP contribution in [0.15, 0.2) is 4.52 Å². The van der Waals surface area contributed by atoms with Crippen molar-refractivity contribution in [2.75, 3.05) is 19.6 Å². The maximum Gasteiger partial charge on any atom is 0.257 e. The monoisotopic (exact) mass is 430 g/mol. The number of piperidine rings is 1. The summed E-state index contributed by atoms with van der Waals surface area (Å²) >= 11 is 0. The summed E-state index contributed by atoms with van der Waals surface area (Å²) in [4.78, 5) is 33.8. The molecule has 2 aromatic rings. The van der Waals surface area contributed by atoms with E-state index in [1.165, 1.54) is 0 Å². The maximum atomic E-state index is 13.2. The first-order chi connectivity index (χ1) is 14.7. The highest BCUT2D eigenvalue weighted by Gasteiger charge is 2.31. The van der Waals surface area contributed by atoms with Crippen molar-refractivity contribution in [1.29, 1.82) is 0 Å². The van der Waals surface area contributed by atoms with Crippen molar-refractivity contribution in [3.05, 3.63) is 28.7 Å². The standard InChI is InChI=1S/C22H34N6O3/c1-14(2)12-20-23-19(25-31-20)9-11-28(17(5)29)18-8-7-10-27(13-18)22(30)21-15(3)24-26(6)16(21)4/h14,18H,7-13H2,1-6H3. The molecule has 0 radical (unpaired) electrons. The third kappa shape index (κ3) is 5.32. The zero-order valence-electron chi connectivity index (χ0n) is 19.5. The number of rotatable bonds is 7. The van der Waals surface area contributed by atoms with Crippen LogP contribution >= 0.6 is 0 Å². The number of aryl methyl sites for hydroxylation is 2. The number of aromatic nitrogens is 4. The average Bonchev–Trinajstić information content (AvgIpc) is 3.24. The van der Waals surface area contributed by atoms with Gasteiger partial charge in [-0.1, -0.05) is 19.0 Å². The molecule has 0 spiro atoms. The summed E-state index contributed by atoms with van der Waals surface area (Å²) in [6.07, 6.45) is 3.02. The van der Waals surface area contributed by atoms with Gasteiger partial charge >= 0.3 is 0 Å². The Labute approximate surface area is 183 Å². The predicted molar refractivity (Wildman–Crippen MR) is 116 cm³/mol. The Morgan fingerprint density at radius 1 is 1.29 bits per heavy atom. The molecule has 1 unspecified atom stereocenters. The van der Waals surface area contributed by atoms with Crippen molar-refractivity contribution in [2.24, 2.45) is 13.0 Å². The first kappa shape index (κ1) is 23.0. The minimum absolute atomic E-state index is 0.000985. The molecule has 2 aromatic heterocycles. The molecule has 0 aliphatic carbocycles. The van der Waals surface area contributed by atoms with Gasteiger partial charge in [0.1, 0.15) is 0 Å². The molecule has 170 valence electrons. The Kier molecular flexibility index (Phi) is 7.12. The van der Waals surface area contributed by atoms with Crippen molar-refractivity contribution in [2.45, 2.75) is 66.3 Å². The fourth-order valence-electron chi connectivity index (χ4n) is 4.28. The second-order valence-electron chi connectivity index (χ2n) is 8.88. The van der Waals surface area contributed by atoms with E-state index in [1.807, 2.05) is 30.7 Å². The highest BCUT2D eigenvalue weighted by atomic mass is 16.5. The summed E-state index contributed by atoms with van der Waals surface area (Å²) in [6, 6.07) is -0.0190. The van der Waals surface area contributed by atoms with Crippen LogP contribution in [0.5, 0.6) is 0 Å². The zero-order chi connectivity index (χ0) is 22.7. The van der Waals surface area contributed by atoms with Crippen LogP contribution < -0.4 is 0 Å². The molecule has 0 saturated carbocycles. The number of amides is 2. The molecule has 3 rings (SSSR count). The molecule has 1 saturated heterocycles. The summed E-state index contributed by atoms with van der Waals surface area (Å²) in [5.74, 6) is 1.69. The number of nitrogens with zero attached hydrogens (tertiary/aromatic N) is 6. The summed E-state index contributed by atoms with van der Waals surface area (Å²) in [5.41, 5.74) is 2.27. The molecule has 0 bridgehead atoms. The fourth-order valence-corrected chi connectivity index (χ4v) is 4.28. The van der Waals surface area contributed by atoms with E-state index in [0.717, 1.165) is 30.7 Å². The third-order valence-corrected chi connectivity index (χ3v) is 5.92. The van der Waals surface area contributed by atoms with Crippen LogP contribution in [0.3, 0.4) is 0 Å². The lowest BCUT2D eigenvalue weighted by molar-refractivity contribution is -0.132. The fraction of sp³-hybridized carbons (Fsp3) is 0.682.